The Morgan fingerprint density at radius 1 is 0.862 bits per heavy atom. The van der Waals surface area contributed by atoms with Crippen molar-refractivity contribution in [2.24, 2.45) is 0 Å². The lowest BCUT2D eigenvalue weighted by Gasteiger charge is -2.15. The van der Waals surface area contributed by atoms with Crippen molar-refractivity contribution in [3.63, 3.8) is 0 Å². The van der Waals surface area contributed by atoms with E-state index >= 15 is 0 Å². The van der Waals surface area contributed by atoms with Crippen LogP contribution in [0.4, 0.5) is 5.69 Å². The molecule has 148 valence electrons. The maximum absolute atomic E-state index is 12.7. The van der Waals surface area contributed by atoms with E-state index in [-0.39, 0.29) is 37.8 Å². The van der Waals surface area contributed by atoms with Gasteiger partial charge in [0.2, 0.25) is 0 Å². The van der Waals surface area contributed by atoms with Crippen LogP contribution in [0.15, 0.2) is 30.5 Å². The number of halogens is 5. The topological polar surface area (TPSA) is 62.3 Å². The predicted molar refractivity (Wildman–Crippen MR) is 117 cm³/mol. The molecule has 0 spiro atoms. The number of nitrogens with one attached hydrogen (secondary N) is 1. The second-order valence-corrected chi connectivity index (χ2v) is 8.16. The van der Waals surface area contributed by atoms with Crippen LogP contribution in [0, 0.1) is 0 Å². The number of rotatable bonds is 4. The second-order valence-electron chi connectivity index (χ2n) is 6.21. The maximum Gasteiger partial charge on any atom is 0.263 e. The molecule has 3 aromatic rings. The van der Waals surface area contributed by atoms with Gasteiger partial charge in [0.25, 0.3) is 11.8 Å². The van der Waals surface area contributed by atoms with Gasteiger partial charge in [0.05, 0.1) is 36.7 Å². The first-order chi connectivity index (χ1) is 13.8. The van der Waals surface area contributed by atoms with E-state index in [2.05, 4.69) is 10.3 Å². The number of imide groups is 1. The van der Waals surface area contributed by atoms with Crippen molar-refractivity contribution >= 4 is 86.4 Å². The van der Waals surface area contributed by atoms with E-state index in [9.17, 15) is 9.59 Å². The first-order valence-corrected chi connectivity index (χ1v) is 10.2. The van der Waals surface area contributed by atoms with Gasteiger partial charge in [-0.2, -0.15) is 0 Å². The normalized spacial score (nSPS) is 13.3. The number of fused-ring (bicyclic) bond motifs is 2. The Balaban J connectivity index is 1.56. The van der Waals surface area contributed by atoms with Crippen molar-refractivity contribution < 1.29 is 9.59 Å². The molecule has 1 aromatic heterocycles. The first kappa shape index (κ1) is 20.5. The molecule has 2 heterocycles. The molecule has 2 amide bonds. The van der Waals surface area contributed by atoms with Crippen molar-refractivity contribution in [3.8, 4) is 0 Å². The third kappa shape index (κ3) is 3.41. The van der Waals surface area contributed by atoms with E-state index in [1.165, 1.54) is 0 Å². The average molecular weight is 490 g/mol. The van der Waals surface area contributed by atoms with Crippen molar-refractivity contribution in [2.45, 2.75) is 0 Å². The van der Waals surface area contributed by atoms with Gasteiger partial charge >= 0.3 is 0 Å². The number of pyridine rings is 1. The van der Waals surface area contributed by atoms with Gasteiger partial charge in [-0.05, 0) is 24.3 Å². The molecule has 0 fully saturated rings. The van der Waals surface area contributed by atoms with Gasteiger partial charge in [0, 0.05) is 35.4 Å². The highest BCUT2D eigenvalue weighted by molar-refractivity contribution is 6.55. The highest BCUT2D eigenvalue weighted by atomic mass is 35.5. The Morgan fingerprint density at radius 2 is 1.48 bits per heavy atom. The lowest BCUT2D eigenvalue weighted by atomic mass is 10.1. The molecule has 0 unspecified atom stereocenters. The number of carbonyl (C=O) groups is 2. The summed E-state index contributed by atoms with van der Waals surface area (Å²) in [6.07, 6.45) is 1.65. The Kier molecular flexibility index (Phi) is 5.53. The molecule has 1 N–H and O–H groups in total. The van der Waals surface area contributed by atoms with Gasteiger partial charge in [-0.3, -0.25) is 19.5 Å². The molecule has 1 aliphatic rings. The van der Waals surface area contributed by atoms with Crippen LogP contribution in [0.3, 0.4) is 0 Å². The summed E-state index contributed by atoms with van der Waals surface area (Å²) in [7, 11) is 0. The fourth-order valence-corrected chi connectivity index (χ4v) is 4.36. The van der Waals surface area contributed by atoms with Gasteiger partial charge in [0.15, 0.2) is 0 Å². The van der Waals surface area contributed by atoms with Crippen LogP contribution in [-0.4, -0.2) is 34.8 Å². The Labute approximate surface area is 190 Å². The Morgan fingerprint density at radius 3 is 2.10 bits per heavy atom. The van der Waals surface area contributed by atoms with Gasteiger partial charge in [-0.25, -0.2) is 0 Å². The van der Waals surface area contributed by atoms with Gasteiger partial charge in [-0.15, -0.1) is 0 Å². The number of aromatic nitrogens is 1. The number of benzene rings is 2. The van der Waals surface area contributed by atoms with Crippen molar-refractivity contribution in [2.75, 3.05) is 18.4 Å². The van der Waals surface area contributed by atoms with E-state index in [1.54, 1.807) is 24.4 Å². The average Bonchev–Trinajstić information content (AvgIpc) is 2.95. The van der Waals surface area contributed by atoms with Gasteiger partial charge in [0.1, 0.15) is 0 Å². The van der Waals surface area contributed by atoms with E-state index in [1.807, 2.05) is 6.07 Å². The summed E-state index contributed by atoms with van der Waals surface area (Å²) < 4.78 is 0. The fraction of sp³-hybridized carbons (Fsp3) is 0.105. The summed E-state index contributed by atoms with van der Waals surface area (Å²) in [5.41, 5.74) is 1.47. The molecule has 0 saturated heterocycles. The molecular weight excluding hydrogens is 479 g/mol. The van der Waals surface area contributed by atoms with Crippen LogP contribution in [0.2, 0.25) is 25.1 Å². The quantitative estimate of drug-likeness (QED) is 0.269. The molecule has 29 heavy (non-hydrogen) atoms. The number of nitrogens with zero attached hydrogens (tertiary/aromatic N) is 2. The maximum atomic E-state index is 12.7. The van der Waals surface area contributed by atoms with Crippen molar-refractivity contribution in [1.29, 1.82) is 0 Å². The largest absolute Gasteiger partial charge is 0.383 e. The lowest BCUT2D eigenvalue weighted by molar-refractivity contribution is 0.0660. The lowest BCUT2D eigenvalue weighted by Crippen LogP contribution is -2.34. The number of hydrogen-bond donors (Lipinski definition) is 1. The minimum absolute atomic E-state index is 0.0277. The van der Waals surface area contributed by atoms with Crippen molar-refractivity contribution in [1.82, 2.24) is 9.88 Å². The molecule has 0 saturated carbocycles. The van der Waals surface area contributed by atoms with Crippen LogP contribution in [-0.2, 0) is 0 Å². The highest BCUT2D eigenvalue weighted by Gasteiger charge is 2.41. The minimum atomic E-state index is -0.566. The number of anilines is 1. The van der Waals surface area contributed by atoms with E-state index < -0.39 is 11.8 Å². The number of hydrogen-bond acceptors (Lipinski definition) is 4. The fourth-order valence-electron chi connectivity index (χ4n) is 3.18. The zero-order valence-electron chi connectivity index (χ0n) is 14.4. The van der Waals surface area contributed by atoms with E-state index in [0.29, 0.717) is 11.6 Å². The van der Waals surface area contributed by atoms with E-state index in [0.717, 1.165) is 21.5 Å². The predicted octanol–water partition coefficient (Wildman–Crippen LogP) is 6.21. The van der Waals surface area contributed by atoms with Crippen LogP contribution in [0.25, 0.3) is 10.9 Å². The molecule has 1 aliphatic heterocycles. The number of amides is 2. The van der Waals surface area contributed by atoms with Crippen molar-refractivity contribution in [3.05, 3.63) is 66.7 Å². The summed E-state index contributed by atoms with van der Waals surface area (Å²) in [6, 6.07) is 7.16. The highest BCUT2D eigenvalue weighted by Crippen LogP contribution is 2.44. The summed E-state index contributed by atoms with van der Waals surface area (Å²) in [5, 5.41) is 4.38. The van der Waals surface area contributed by atoms with Gasteiger partial charge in [-0.1, -0.05) is 58.0 Å². The number of carbonyl (C=O) groups excluding carboxylic acids is 2. The molecule has 4 rings (SSSR count). The first-order valence-electron chi connectivity index (χ1n) is 8.31. The zero-order valence-corrected chi connectivity index (χ0v) is 18.2. The standard InChI is InChI=1S/C19H10Cl5N3O2/c20-8-1-2-9-10(3-4-25-11(9)7-8)26-5-6-27-18(28)12-13(19(27)29)15(22)17(24)16(23)14(12)21/h1-4,7H,5-6H2,(H,25,26). The van der Waals surface area contributed by atoms with E-state index in [4.69, 9.17) is 58.0 Å². The zero-order chi connectivity index (χ0) is 20.9. The third-order valence-corrected chi connectivity index (χ3v) is 6.58. The molecule has 10 heteroatoms. The molecule has 5 nitrogen and oxygen atoms in total. The molecular formula is C19H10Cl5N3O2. The monoisotopic (exact) mass is 487 g/mol. The second kappa shape index (κ2) is 7.82. The van der Waals surface area contributed by atoms with Gasteiger partial charge < -0.3 is 5.32 Å². The van der Waals surface area contributed by atoms with Crippen LogP contribution in [0.5, 0.6) is 0 Å². The van der Waals surface area contributed by atoms with Crippen LogP contribution < -0.4 is 5.32 Å². The molecule has 2 aromatic carbocycles. The molecule has 0 radical (unpaired) electrons. The molecule has 0 atom stereocenters. The summed E-state index contributed by atoms with van der Waals surface area (Å²) in [5.74, 6) is -1.13. The molecule has 0 aliphatic carbocycles. The SMILES string of the molecule is O=C1c2c(Cl)c(Cl)c(Cl)c(Cl)c2C(=O)N1CCNc1ccnc2cc(Cl)ccc12. The summed E-state index contributed by atoms with van der Waals surface area (Å²) in [4.78, 5) is 30.8. The Hall–Kier alpha value is -1.76. The molecule has 0 bridgehead atoms. The minimum Gasteiger partial charge on any atom is -0.383 e. The third-order valence-electron chi connectivity index (χ3n) is 4.54. The van der Waals surface area contributed by atoms with Crippen LogP contribution >= 0.6 is 58.0 Å². The summed E-state index contributed by atoms with van der Waals surface area (Å²) >= 11 is 30.3. The smallest absolute Gasteiger partial charge is 0.263 e. The summed E-state index contributed by atoms with van der Waals surface area (Å²) in [6.45, 7) is 0.384. The van der Waals surface area contributed by atoms with Crippen LogP contribution in [0.1, 0.15) is 20.7 Å². The Bertz CT molecular complexity index is 1150.